The van der Waals surface area contributed by atoms with Crippen molar-refractivity contribution in [1.29, 1.82) is 0 Å². The van der Waals surface area contributed by atoms with Gasteiger partial charge in [0.15, 0.2) is 0 Å². The van der Waals surface area contributed by atoms with Crippen molar-refractivity contribution in [3.8, 4) is 0 Å². The molecule has 0 amide bonds. The Labute approximate surface area is 109 Å². The predicted octanol–water partition coefficient (Wildman–Crippen LogP) is 3.15. The van der Waals surface area contributed by atoms with Gasteiger partial charge in [0, 0.05) is 18.4 Å². The highest BCUT2D eigenvalue weighted by Gasteiger charge is 2.12. The van der Waals surface area contributed by atoms with Gasteiger partial charge in [-0.15, -0.1) is 0 Å². The summed E-state index contributed by atoms with van der Waals surface area (Å²) in [6.45, 7) is 2.20. The van der Waals surface area contributed by atoms with Gasteiger partial charge >= 0.3 is 0 Å². The number of pyridine rings is 1. The van der Waals surface area contributed by atoms with Gasteiger partial charge in [0.05, 0.1) is 0 Å². The van der Waals surface area contributed by atoms with Crippen molar-refractivity contribution in [3.63, 3.8) is 0 Å². The van der Waals surface area contributed by atoms with Gasteiger partial charge in [-0.25, -0.2) is 0 Å². The number of aryl methyl sites for hydroxylation is 1. The lowest BCUT2D eigenvalue weighted by atomic mass is 9.94. The Morgan fingerprint density at radius 3 is 2.67 bits per heavy atom. The van der Waals surface area contributed by atoms with Crippen LogP contribution in [-0.2, 0) is 12.8 Å². The van der Waals surface area contributed by atoms with Crippen LogP contribution in [0.1, 0.15) is 29.7 Å². The van der Waals surface area contributed by atoms with Crippen LogP contribution in [0.15, 0.2) is 48.8 Å². The minimum atomic E-state index is 0.352. The van der Waals surface area contributed by atoms with Gasteiger partial charge in [-0.3, -0.25) is 4.98 Å². The van der Waals surface area contributed by atoms with Gasteiger partial charge in [0.1, 0.15) is 0 Å². The molecule has 0 aliphatic heterocycles. The lowest BCUT2D eigenvalue weighted by Crippen LogP contribution is -2.20. The number of likely N-dealkylation sites (N-methyl/N-ethyl adjacent to an activating group) is 1. The maximum atomic E-state index is 4.18. The first kappa shape index (κ1) is 12.8. The first-order valence-electron chi connectivity index (χ1n) is 6.49. The molecule has 2 rings (SSSR count). The van der Waals surface area contributed by atoms with E-state index in [-0.39, 0.29) is 0 Å². The molecule has 0 radical (unpaired) electrons. The molecule has 1 unspecified atom stereocenters. The molecular formula is C16H20N2. The van der Waals surface area contributed by atoms with Crippen molar-refractivity contribution < 1.29 is 0 Å². The Hall–Kier alpha value is -1.67. The molecule has 1 N–H and O–H groups in total. The summed E-state index contributed by atoms with van der Waals surface area (Å²) in [5.41, 5.74) is 4.08. The van der Waals surface area contributed by atoms with Crippen LogP contribution in [0.3, 0.4) is 0 Å². The van der Waals surface area contributed by atoms with Gasteiger partial charge in [0.25, 0.3) is 0 Å². The van der Waals surface area contributed by atoms with Crippen molar-refractivity contribution in [2.24, 2.45) is 0 Å². The molecule has 0 saturated heterocycles. The third-order valence-corrected chi connectivity index (χ3v) is 3.32. The van der Waals surface area contributed by atoms with E-state index in [2.05, 4.69) is 47.6 Å². The molecule has 0 aliphatic rings. The van der Waals surface area contributed by atoms with E-state index in [1.54, 1.807) is 0 Å². The van der Waals surface area contributed by atoms with Crippen LogP contribution in [-0.4, -0.2) is 12.0 Å². The summed E-state index contributed by atoms with van der Waals surface area (Å²) in [6.07, 6.45) is 5.81. The number of nitrogens with zero attached hydrogens (tertiary/aromatic N) is 1. The molecule has 1 aromatic heterocycles. The Bertz CT molecular complexity index is 479. The molecule has 0 bridgehead atoms. The van der Waals surface area contributed by atoms with E-state index in [4.69, 9.17) is 0 Å². The molecule has 1 aromatic carbocycles. The van der Waals surface area contributed by atoms with Crippen molar-refractivity contribution in [3.05, 3.63) is 65.5 Å². The molecule has 2 heteroatoms. The Morgan fingerprint density at radius 2 is 2.00 bits per heavy atom. The summed E-state index contributed by atoms with van der Waals surface area (Å²) >= 11 is 0. The highest BCUT2D eigenvalue weighted by atomic mass is 14.9. The maximum Gasteiger partial charge on any atom is 0.0361 e. The largest absolute Gasteiger partial charge is 0.313 e. The molecule has 0 spiro atoms. The molecule has 18 heavy (non-hydrogen) atoms. The van der Waals surface area contributed by atoms with E-state index in [1.165, 1.54) is 16.7 Å². The molecule has 94 valence electrons. The average Bonchev–Trinajstić information content (AvgIpc) is 2.46. The average molecular weight is 240 g/mol. The number of benzene rings is 1. The Balaban J connectivity index is 2.23. The van der Waals surface area contributed by atoms with Gasteiger partial charge < -0.3 is 5.32 Å². The third-order valence-electron chi connectivity index (χ3n) is 3.32. The highest BCUT2D eigenvalue weighted by Crippen LogP contribution is 2.21. The fourth-order valence-corrected chi connectivity index (χ4v) is 2.32. The van der Waals surface area contributed by atoms with E-state index in [0.29, 0.717) is 6.04 Å². The lowest BCUT2D eigenvalue weighted by molar-refractivity contribution is 0.586. The quantitative estimate of drug-likeness (QED) is 0.868. The fourth-order valence-electron chi connectivity index (χ4n) is 2.32. The zero-order chi connectivity index (χ0) is 12.8. The predicted molar refractivity (Wildman–Crippen MR) is 75.6 cm³/mol. The number of nitrogens with one attached hydrogen (secondary N) is 1. The minimum Gasteiger partial charge on any atom is -0.313 e. The highest BCUT2D eigenvalue weighted by molar-refractivity contribution is 5.31. The second-order valence-electron chi connectivity index (χ2n) is 4.46. The zero-order valence-electron chi connectivity index (χ0n) is 11.1. The topological polar surface area (TPSA) is 24.9 Å². The van der Waals surface area contributed by atoms with Crippen LogP contribution in [0.5, 0.6) is 0 Å². The number of aromatic nitrogens is 1. The zero-order valence-corrected chi connectivity index (χ0v) is 11.1. The van der Waals surface area contributed by atoms with Crippen LogP contribution < -0.4 is 5.32 Å². The summed E-state index contributed by atoms with van der Waals surface area (Å²) < 4.78 is 0. The summed E-state index contributed by atoms with van der Waals surface area (Å²) in [6, 6.07) is 13.1. The summed E-state index contributed by atoms with van der Waals surface area (Å²) in [5, 5.41) is 3.41. The number of hydrogen-bond donors (Lipinski definition) is 1. The number of hydrogen-bond acceptors (Lipinski definition) is 2. The second-order valence-corrected chi connectivity index (χ2v) is 4.46. The van der Waals surface area contributed by atoms with Crippen LogP contribution in [0.25, 0.3) is 0 Å². The molecular weight excluding hydrogens is 220 g/mol. The van der Waals surface area contributed by atoms with E-state index >= 15 is 0 Å². The van der Waals surface area contributed by atoms with Crippen molar-refractivity contribution in [2.75, 3.05) is 7.05 Å². The maximum absolute atomic E-state index is 4.18. The molecule has 1 atom stereocenters. The summed E-state index contributed by atoms with van der Waals surface area (Å²) in [7, 11) is 2.02. The molecule has 0 fully saturated rings. The second kappa shape index (κ2) is 6.31. The molecule has 2 aromatic rings. The van der Waals surface area contributed by atoms with E-state index < -0.39 is 0 Å². The van der Waals surface area contributed by atoms with Crippen LogP contribution in [0.2, 0.25) is 0 Å². The Morgan fingerprint density at radius 1 is 1.17 bits per heavy atom. The van der Waals surface area contributed by atoms with Crippen LogP contribution in [0.4, 0.5) is 0 Å². The van der Waals surface area contributed by atoms with E-state index in [0.717, 1.165) is 12.8 Å². The molecule has 0 aliphatic carbocycles. The molecule has 2 nitrogen and oxygen atoms in total. The van der Waals surface area contributed by atoms with Gasteiger partial charge in [-0.05, 0) is 42.6 Å². The minimum absolute atomic E-state index is 0.352. The molecule has 0 saturated carbocycles. The van der Waals surface area contributed by atoms with Crippen LogP contribution >= 0.6 is 0 Å². The van der Waals surface area contributed by atoms with Crippen molar-refractivity contribution >= 4 is 0 Å². The van der Waals surface area contributed by atoms with Gasteiger partial charge in [-0.2, -0.15) is 0 Å². The molecule has 1 heterocycles. The first-order chi connectivity index (χ1) is 8.85. The standard InChI is InChI=1S/C16H20N2/c1-3-14-8-4-5-9-15(14)16(17-2)11-13-7-6-10-18-12-13/h4-10,12,16-17H,3,11H2,1-2H3. The van der Waals surface area contributed by atoms with E-state index in [1.807, 2.05) is 25.5 Å². The van der Waals surface area contributed by atoms with Crippen molar-refractivity contribution in [1.82, 2.24) is 10.3 Å². The number of rotatable bonds is 5. The summed E-state index contributed by atoms with van der Waals surface area (Å²) in [5.74, 6) is 0. The van der Waals surface area contributed by atoms with Gasteiger partial charge in [-0.1, -0.05) is 37.3 Å². The first-order valence-corrected chi connectivity index (χ1v) is 6.49. The lowest BCUT2D eigenvalue weighted by Gasteiger charge is -2.19. The smallest absolute Gasteiger partial charge is 0.0361 e. The monoisotopic (exact) mass is 240 g/mol. The SMILES string of the molecule is CCc1ccccc1C(Cc1cccnc1)NC. The summed E-state index contributed by atoms with van der Waals surface area (Å²) in [4.78, 5) is 4.18. The van der Waals surface area contributed by atoms with Crippen LogP contribution in [0, 0.1) is 0 Å². The fraction of sp³-hybridized carbons (Fsp3) is 0.312. The van der Waals surface area contributed by atoms with E-state index in [9.17, 15) is 0 Å². The Kier molecular flexibility index (Phi) is 4.48. The van der Waals surface area contributed by atoms with Gasteiger partial charge in [0.2, 0.25) is 0 Å². The third kappa shape index (κ3) is 2.96. The normalized spacial score (nSPS) is 12.3. The van der Waals surface area contributed by atoms with Crippen molar-refractivity contribution in [2.45, 2.75) is 25.8 Å².